The molecule has 0 saturated heterocycles. The molecule has 2 aromatic rings. The van der Waals surface area contributed by atoms with Gasteiger partial charge in [-0.3, -0.25) is 0 Å². The van der Waals surface area contributed by atoms with Crippen LogP contribution in [0.1, 0.15) is 10.4 Å². The lowest BCUT2D eigenvalue weighted by Crippen LogP contribution is -1.97. The van der Waals surface area contributed by atoms with Gasteiger partial charge in [-0.1, -0.05) is 23.7 Å². The van der Waals surface area contributed by atoms with Gasteiger partial charge in [-0.2, -0.15) is 0 Å². The largest absolute Gasteiger partial charge is 0.495 e. The van der Waals surface area contributed by atoms with E-state index in [1.807, 2.05) is 0 Å². The Kier molecular flexibility index (Phi) is 2.71. The Bertz CT molecular complexity index is 563. The third kappa shape index (κ3) is 1.59. The van der Waals surface area contributed by atoms with E-state index in [2.05, 4.69) is 0 Å². The van der Waals surface area contributed by atoms with Crippen LogP contribution in [0, 0.1) is 0 Å². The lowest BCUT2D eigenvalue weighted by molar-refractivity contribution is 0.0699. The Morgan fingerprint density at radius 3 is 2.62 bits per heavy atom. The number of carboxylic acid groups (broad SMARTS) is 1. The molecule has 0 unspecified atom stereocenters. The molecule has 0 heterocycles. The fourth-order valence-corrected chi connectivity index (χ4v) is 1.95. The third-order valence-electron chi connectivity index (χ3n) is 2.41. The first-order chi connectivity index (χ1) is 7.65. The first-order valence-electron chi connectivity index (χ1n) is 4.63. The van der Waals surface area contributed by atoms with Gasteiger partial charge >= 0.3 is 5.97 Å². The van der Waals surface area contributed by atoms with Crippen molar-refractivity contribution in [2.24, 2.45) is 0 Å². The first-order valence-corrected chi connectivity index (χ1v) is 5.01. The van der Waals surface area contributed by atoms with Gasteiger partial charge in [0.2, 0.25) is 0 Å². The average Bonchev–Trinajstić information content (AvgIpc) is 2.29. The van der Waals surface area contributed by atoms with E-state index in [1.165, 1.54) is 7.11 Å². The smallest absolute Gasteiger partial charge is 0.336 e. The van der Waals surface area contributed by atoms with Crippen molar-refractivity contribution in [3.8, 4) is 5.75 Å². The molecule has 0 aliphatic heterocycles. The van der Waals surface area contributed by atoms with Crippen LogP contribution in [0.25, 0.3) is 10.8 Å². The van der Waals surface area contributed by atoms with Crippen molar-refractivity contribution in [1.29, 1.82) is 0 Å². The van der Waals surface area contributed by atoms with Gasteiger partial charge in [0.15, 0.2) is 0 Å². The standard InChI is InChI=1S/C12H9ClO3/c1-16-10-6-5-7-8(11(10)13)3-2-4-9(7)12(14)15/h2-6H,1H3,(H,14,15). The maximum atomic E-state index is 11.0. The molecule has 0 aliphatic carbocycles. The highest BCUT2D eigenvalue weighted by Gasteiger charge is 2.12. The van der Waals surface area contributed by atoms with Crippen molar-refractivity contribution in [1.82, 2.24) is 0 Å². The minimum absolute atomic E-state index is 0.238. The Morgan fingerprint density at radius 2 is 2.00 bits per heavy atom. The van der Waals surface area contributed by atoms with Crippen LogP contribution >= 0.6 is 11.6 Å². The molecule has 0 radical (unpaired) electrons. The molecular weight excluding hydrogens is 228 g/mol. The quantitative estimate of drug-likeness (QED) is 0.871. The van der Waals surface area contributed by atoms with Crippen LogP contribution in [-0.2, 0) is 0 Å². The summed E-state index contributed by atoms with van der Waals surface area (Å²) in [5.74, 6) is -0.427. The van der Waals surface area contributed by atoms with Gasteiger partial charge in [0.05, 0.1) is 17.7 Å². The average molecular weight is 237 g/mol. The maximum Gasteiger partial charge on any atom is 0.336 e. The van der Waals surface area contributed by atoms with Gasteiger partial charge in [-0.25, -0.2) is 4.79 Å². The highest BCUT2D eigenvalue weighted by Crippen LogP contribution is 2.33. The molecule has 4 heteroatoms. The van der Waals surface area contributed by atoms with Crippen LogP contribution in [0.4, 0.5) is 0 Å². The molecule has 1 N–H and O–H groups in total. The Balaban J connectivity index is 2.82. The van der Waals surface area contributed by atoms with Crippen LogP contribution in [0.5, 0.6) is 5.75 Å². The summed E-state index contributed by atoms with van der Waals surface area (Å²) in [5, 5.41) is 10.8. The molecule has 0 bridgehead atoms. The number of hydrogen-bond donors (Lipinski definition) is 1. The summed E-state index contributed by atoms with van der Waals surface area (Å²) in [5.41, 5.74) is 0.238. The van der Waals surface area contributed by atoms with Crippen LogP contribution in [0.2, 0.25) is 5.02 Å². The van der Waals surface area contributed by atoms with E-state index in [0.717, 1.165) is 0 Å². The number of carbonyl (C=O) groups is 1. The number of aromatic carboxylic acids is 1. The van der Waals surface area contributed by atoms with E-state index in [9.17, 15) is 4.79 Å². The van der Waals surface area contributed by atoms with Crippen LogP contribution in [0.3, 0.4) is 0 Å². The second kappa shape index (κ2) is 4.02. The normalized spacial score (nSPS) is 10.4. The summed E-state index contributed by atoms with van der Waals surface area (Å²) >= 11 is 6.10. The summed E-state index contributed by atoms with van der Waals surface area (Å²) in [6.45, 7) is 0. The van der Waals surface area contributed by atoms with E-state index >= 15 is 0 Å². The highest BCUT2D eigenvalue weighted by atomic mass is 35.5. The third-order valence-corrected chi connectivity index (χ3v) is 2.80. The number of carboxylic acids is 1. The summed E-state index contributed by atoms with van der Waals surface area (Å²) < 4.78 is 5.07. The van der Waals surface area contributed by atoms with Gasteiger partial charge < -0.3 is 9.84 Å². The van der Waals surface area contributed by atoms with Crippen molar-refractivity contribution < 1.29 is 14.6 Å². The number of halogens is 1. The second-order valence-corrected chi connectivity index (χ2v) is 3.67. The molecule has 2 rings (SSSR count). The van der Waals surface area contributed by atoms with Gasteiger partial charge in [0.25, 0.3) is 0 Å². The molecule has 3 nitrogen and oxygen atoms in total. The fourth-order valence-electron chi connectivity index (χ4n) is 1.65. The van der Waals surface area contributed by atoms with Crippen molar-refractivity contribution in [3.05, 3.63) is 40.9 Å². The number of fused-ring (bicyclic) bond motifs is 1. The highest BCUT2D eigenvalue weighted by molar-refractivity contribution is 6.37. The molecule has 0 amide bonds. The van der Waals surface area contributed by atoms with Crippen LogP contribution in [-0.4, -0.2) is 18.2 Å². The zero-order valence-corrected chi connectivity index (χ0v) is 9.28. The van der Waals surface area contributed by atoms with E-state index in [1.54, 1.807) is 30.3 Å². The fraction of sp³-hybridized carbons (Fsp3) is 0.0833. The van der Waals surface area contributed by atoms with Gasteiger partial charge in [-0.05, 0) is 23.6 Å². The summed E-state index contributed by atoms with van der Waals surface area (Å²) in [7, 11) is 1.52. The molecule has 0 aliphatic rings. The van der Waals surface area contributed by atoms with Crippen molar-refractivity contribution in [2.75, 3.05) is 7.11 Å². The molecule has 0 atom stereocenters. The lowest BCUT2D eigenvalue weighted by atomic mass is 10.0. The molecule has 2 aromatic carbocycles. The molecule has 16 heavy (non-hydrogen) atoms. The second-order valence-electron chi connectivity index (χ2n) is 3.29. The monoisotopic (exact) mass is 236 g/mol. The zero-order chi connectivity index (χ0) is 11.7. The number of rotatable bonds is 2. The number of methoxy groups -OCH3 is 1. The molecule has 0 spiro atoms. The SMILES string of the molecule is COc1ccc2c(C(=O)O)cccc2c1Cl. The van der Waals surface area contributed by atoms with Crippen LogP contribution in [0.15, 0.2) is 30.3 Å². The number of benzene rings is 2. The van der Waals surface area contributed by atoms with E-state index in [-0.39, 0.29) is 5.56 Å². The summed E-state index contributed by atoms with van der Waals surface area (Å²) in [4.78, 5) is 11.0. The van der Waals surface area contributed by atoms with Crippen molar-refractivity contribution >= 4 is 28.3 Å². The van der Waals surface area contributed by atoms with Gasteiger partial charge in [-0.15, -0.1) is 0 Å². The number of ether oxygens (including phenoxy) is 1. The van der Waals surface area contributed by atoms with Crippen LogP contribution < -0.4 is 4.74 Å². The molecule has 0 fully saturated rings. The summed E-state index contributed by atoms with van der Waals surface area (Å²) in [6, 6.07) is 8.35. The van der Waals surface area contributed by atoms with Crippen molar-refractivity contribution in [2.45, 2.75) is 0 Å². The maximum absolute atomic E-state index is 11.0. The van der Waals surface area contributed by atoms with E-state index in [4.69, 9.17) is 21.4 Å². The summed E-state index contributed by atoms with van der Waals surface area (Å²) in [6.07, 6.45) is 0. The minimum atomic E-state index is -0.966. The predicted octanol–water partition coefficient (Wildman–Crippen LogP) is 3.20. The molecule has 0 aromatic heterocycles. The van der Waals surface area contributed by atoms with Crippen molar-refractivity contribution in [3.63, 3.8) is 0 Å². The van der Waals surface area contributed by atoms with E-state index in [0.29, 0.717) is 21.5 Å². The topological polar surface area (TPSA) is 46.5 Å². The first kappa shape index (κ1) is 10.8. The lowest BCUT2D eigenvalue weighted by Gasteiger charge is -2.08. The number of hydrogen-bond acceptors (Lipinski definition) is 2. The van der Waals surface area contributed by atoms with Gasteiger partial charge in [0, 0.05) is 5.39 Å². The molecular formula is C12H9ClO3. The molecule has 0 saturated carbocycles. The Hall–Kier alpha value is -1.74. The molecule has 82 valence electrons. The predicted molar refractivity (Wildman–Crippen MR) is 62.5 cm³/mol. The van der Waals surface area contributed by atoms with Gasteiger partial charge in [0.1, 0.15) is 5.75 Å². The minimum Gasteiger partial charge on any atom is -0.495 e. The van der Waals surface area contributed by atoms with E-state index < -0.39 is 5.97 Å². The Labute approximate surface area is 97.2 Å². The Morgan fingerprint density at radius 1 is 1.25 bits per heavy atom. The zero-order valence-electron chi connectivity index (χ0n) is 8.53.